The summed E-state index contributed by atoms with van der Waals surface area (Å²) in [6.07, 6.45) is -1.22. The fraction of sp³-hybridized carbons (Fsp3) is 0.667. The maximum Gasteiger partial charge on any atom is 0.134 e. The van der Waals surface area contributed by atoms with Crippen molar-refractivity contribution < 1.29 is 9.90 Å². The zero-order valence-electron chi connectivity index (χ0n) is 3.61. The number of carbonyl (C=O) groups excluding carboxylic acids is 1. The molecule has 1 amide bonds. The van der Waals surface area contributed by atoms with E-state index in [4.69, 9.17) is 0 Å². The van der Waals surface area contributed by atoms with Crippen molar-refractivity contribution in [1.82, 2.24) is 5.32 Å². The van der Waals surface area contributed by atoms with Crippen molar-refractivity contribution in [2.75, 3.05) is 11.9 Å². The van der Waals surface area contributed by atoms with Crippen LogP contribution in [-0.2, 0) is 0 Å². The minimum absolute atomic E-state index is 0.405. The summed E-state index contributed by atoms with van der Waals surface area (Å²) >= 11 is 3.02. The van der Waals surface area contributed by atoms with Crippen molar-refractivity contribution in [1.29, 1.82) is 0 Å². The van der Waals surface area contributed by atoms with Gasteiger partial charge in [-0.2, -0.15) is 0 Å². The zero-order chi connectivity index (χ0) is 5.70. The maximum absolute atomic E-state index is 9.52. The van der Waals surface area contributed by atoms with Crippen LogP contribution in [0.1, 0.15) is 0 Å². The third-order valence-electron chi connectivity index (χ3n) is 0.364. The van der Waals surface area contributed by atoms with Crippen LogP contribution in [0.2, 0.25) is 0 Å². The highest BCUT2D eigenvalue weighted by atomic mass is 79.9. The van der Waals surface area contributed by atoms with Crippen LogP contribution in [0.3, 0.4) is 0 Å². The van der Waals surface area contributed by atoms with Crippen LogP contribution in [0.25, 0.3) is 0 Å². The number of carbonyl (C=O) groups is 1. The Bertz CT molecular complexity index is 66.0. The van der Waals surface area contributed by atoms with Gasteiger partial charge >= 0.3 is 0 Å². The normalized spacial score (nSPS) is 8.14. The molecule has 0 aromatic heterocycles. The summed E-state index contributed by atoms with van der Waals surface area (Å²) in [5.74, 6) is 0. The van der Waals surface area contributed by atoms with Gasteiger partial charge in [-0.3, -0.25) is 0 Å². The lowest BCUT2D eigenvalue weighted by atomic mass is 10.8. The second kappa shape index (κ2) is 3.92. The number of alkyl halides is 1. The molecule has 0 saturated carbocycles. The van der Waals surface area contributed by atoms with Crippen molar-refractivity contribution in [3.05, 3.63) is 0 Å². The van der Waals surface area contributed by atoms with Crippen LogP contribution in [0.4, 0.5) is 4.79 Å². The van der Waals surface area contributed by atoms with Crippen molar-refractivity contribution in [2.45, 2.75) is 0 Å². The van der Waals surface area contributed by atoms with Crippen LogP contribution in [0.5, 0.6) is 0 Å². The van der Waals surface area contributed by atoms with Crippen molar-refractivity contribution in [2.24, 2.45) is 0 Å². The average molecular weight is 167 g/mol. The van der Waals surface area contributed by atoms with Gasteiger partial charge in [0.05, 0.1) is 0 Å². The Labute approximate surface area is 49.8 Å². The largest absolute Gasteiger partial charge is 0.530 e. The summed E-state index contributed by atoms with van der Waals surface area (Å²) in [6.45, 7) is 0.405. The zero-order valence-corrected chi connectivity index (χ0v) is 5.19. The Morgan fingerprint density at radius 3 is 2.57 bits per heavy atom. The fourth-order valence-electron chi connectivity index (χ4n) is 0.149. The highest BCUT2D eigenvalue weighted by Crippen LogP contribution is 1.72. The summed E-state index contributed by atoms with van der Waals surface area (Å²) in [5.41, 5.74) is 0. The van der Waals surface area contributed by atoms with Crippen LogP contribution >= 0.6 is 15.9 Å². The molecule has 0 aromatic rings. The SMILES string of the molecule is O=C([O-])NCCBr. The lowest BCUT2D eigenvalue weighted by Crippen LogP contribution is -2.37. The molecule has 0 aromatic carbocycles. The van der Waals surface area contributed by atoms with Gasteiger partial charge in [-0.25, -0.2) is 0 Å². The fourth-order valence-corrected chi connectivity index (χ4v) is 0.348. The molecule has 0 aliphatic rings. The number of amides is 1. The molecule has 0 radical (unpaired) electrons. The van der Waals surface area contributed by atoms with E-state index in [0.29, 0.717) is 11.9 Å². The summed E-state index contributed by atoms with van der Waals surface area (Å²) in [4.78, 5) is 9.52. The molecule has 4 heteroatoms. The Hall–Kier alpha value is -0.250. The van der Waals surface area contributed by atoms with Crippen LogP contribution in [-0.4, -0.2) is 18.0 Å². The third kappa shape index (κ3) is 5.75. The number of halogens is 1. The number of nitrogens with one attached hydrogen (secondary N) is 1. The number of hydrogen-bond acceptors (Lipinski definition) is 2. The molecule has 0 saturated heterocycles. The number of hydrogen-bond donors (Lipinski definition) is 1. The van der Waals surface area contributed by atoms with Crippen molar-refractivity contribution in [3.63, 3.8) is 0 Å². The molecule has 7 heavy (non-hydrogen) atoms. The molecule has 0 heterocycles. The van der Waals surface area contributed by atoms with E-state index in [1.807, 2.05) is 0 Å². The van der Waals surface area contributed by atoms with E-state index in [2.05, 4.69) is 21.2 Å². The van der Waals surface area contributed by atoms with Gasteiger partial charge < -0.3 is 15.2 Å². The van der Waals surface area contributed by atoms with E-state index in [-0.39, 0.29) is 0 Å². The molecule has 0 fully saturated rings. The van der Waals surface area contributed by atoms with E-state index in [1.54, 1.807) is 0 Å². The van der Waals surface area contributed by atoms with E-state index in [0.717, 1.165) is 0 Å². The summed E-state index contributed by atoms with van der Waals surface area (Å²) in [5, 5.41) is 12.2. The molecule has 0 rings (SSSR count). The quantitative estimate of drug-likeness (QED) is 0.553. The first-order valence-electron chi connectivity index (χ1n) is 1.78. The van der Waals surface area contributed by atoms with Gasteiger partial charge in [0.15, 0.2) is 0 Å². The van der Waals surface area contributed by atoms with Gasteiger partial charge in [0.25, 0.3) is 0 Å². The first kappa shape index (κ1) is 6.75. The van der Waals surface area contributed by atoms with Crippen molar-refractivity contribution >= 4 is 22.0 Å². The Balaban J connectivity index is 2.82. The summed E-state index contributed by atoms with van der Waals surface area (Å²) in [7, 11) is 0. The molecule has 42 valence electrons. The van der Waals surface area contributed by atoms with E-state index in [9.17, 15) is 9.90 Å². The molecule has 3 nitrogen and oxygen atoms in total. The molecular weight excluding hydrogens is 162 g/mol. The Kier molecular flexibility index (Phi) is 3.78. The number of carboxylic acid groups (broad SMARTS) is 1. The van der Waals surface area contributed by atoms with Gasteiger partial charge in [0.2, 0.25) is 0 Å². The first-order chi connectivity index (χ1) is 3.27. The molecule has 0 aliphatic carbocycles. The highest BCUT2D eigenvalue weighted by Gasteiger charge is 1.77. The Morgan fingerprint density at radius 2 is 2.43 bits per heavy atom. The lowest BCUT2D eigenvalue weighted by Gasteiger charge is -2.00. The minimum Gasteiger partial charge on any atom is -0.530 e. The average Bonchev–Trinajstić information content (AvgIpc) is 1.61. The molecular formula is C3H5BrNO2-. The summed E-state index contributed by atoms with van der Waals surface area (Å²) in [6, 6.07) is 0. The van der Waals surface area contributed by atoms with Gasteiger partial charge in [0, 0.05) is 11.9 Å². The number of rotatable bonds is 2. The third-order valence-corrected chi connectivity index (χ3v) is 0.760. The molecule has 0 unspecified atom stereocenters. The van der Waals surface area contributed by atoms with Crippen molar-refractivity contribution in [3.8, 4) is 0 Å². The van der Waals surface area contributed by atoms with Gasteiger partial charge in [0.1, 0.15) is 6.09 Å². The standard InChI is InChI=1S/C3H6BrNO2/c4-1-2-5-3(6)7/h5H,1-2H2,(H,6,7)/p-1. The van der Waals surface area contributed by atoms with Crippen LogP contribution < -0.4 is 10.4 Å². The van der Waals surface area contributed by atoms with Crippen LogP contribution in [0, 0.1) is 0 Å². The van der Waals surface area contributed by atoms with Gasteiger partial charge in [-0.05, 0) is 0 Å². The highest BCUT2D eigenvalue weighted by molar-refractivity contribution is 9.09. The maximum atomic E-state index is 9.52. The predicted octanol–water partition coefficient (Wildman–Crippen LogP) is -0.686. The predicted molar refractivity (Wildman–Crippen MR) is 27.2 cm³/mol. The molecule has 1 N–H and O–H groups in total. The first-order valence-corrected chi connectivity index (χ1v) is 2.90. The summed E-state index contributed by atoms with van der Waals surface area (Å²) < 4.78 is 0. The second-order valence-corrected chi connectivity index (χ2v) is 1.70. The van der Waals surface area contributed by atoms with E-state index in [1.165, 1.54) is 0 Å². The van der Waals surface area contributed by atoms with E-state index >= 15 is 0 Å². The van der Waals surface area contributed by atoms with Gasteiger partial charge in [-0.1, -0.05) is 15.9 Å². The topological polar surface area (TPSA) is 52.2 Å². The minimum atomic E-state index is -1.22. The lowest BCUT2D eigenvalue weighted by molar-refractivity contribution is -0.250. The molecule has 0 spiro atoms. The van der Waals surface area contributed by atoms with E-state index < -0.39 is 6.09 Å². The second-order valence-electron chi connectivity index (χ2n) is 0.903. The Morgan fingerprint density at radius 1 is 1.86 bits per heavy atom. The molecule has 0 aliphatic heterocycles. The molecule has 0 bridgehead atoms. The van der Waals surface area contributed by atoms with Gasteiger partial charge in [-0.15, -0.1) is 0 Å². The monoisotopic (exact) mass is 166 g/mol. The smallest absolute Gasteiger partial charge is 0.134 e. The molecule has 0 atom stereocenters. The van der Waals surface area contributed by atoms with Crippen LogP contribution in [0.15, 0.2) is 0 Å².